The van der Waals surface area contributed by atoms with Crippen LogP contribution in [0, 0.1) is 0 Å². The number of anilines is 3. The van der Waals surface area contributed by atoms with Crippen LogP contribution < -0.4 is 4.90 Å². The molecule has 2 heteroatoms. The molecule has 0 amide bonds. The molecule has 0 saturated heterocycles. The van der Waals surface area contributed by atoms with Crippen LogP contribution in [0.15, 0.2) is 265 Å². The second-order valence-electron chi connectivity index (χ2n) is 17.5. The molecule has 0 spiro atoms. The van der Waals surface area contributed by atoms with Crippen molar-refractivity contribution in [3.05, 3.63) is 283 Å². The van der Waals surface area contributed by atoms with Crippen LogP contribution in [-0.2, 0) is 5.41 Å². The maximum Gasteiger partial charge on any atom is 0.135 e. The summed E-state index contributed by atoms with van der Waals surface area (Å²) in [7, 11) is 0. The molecule has 1 heterocycles. The summed E-state index contributed by atoms with van der Waals surface area (Å²) in [6.07, 6.45) is 0. The van der Waals surface area contributed by atoms with Gasteiger partial charge in [-0.3, -0.25) is 0 Å². The highest BCUT2D eigenvalue weighted by atomic mass is 16.3. The van der Waals surface area contributed by atoms with E-state index in [9.17, 15) is 0 Å². The third kappa shape index (κ3) is 6.18. The fourth-order valence-corrected chi connectivity index (χ4v) is 11.0. The van der Waals surface area contributed by atoms with E-state index in [1.807, 2.05) is 12.1 Å². The Kier molecular flexibility index (Phi) is 9.11. The van der Waals surface area contributed by atoms with Crippen LogP contribution in [0.5, 0.6) is 0 Å². The van der Waals surface area contributed by atoms with E-state index < -0.39 is 5.41 Å². The zero-order valence-corrected chi connectivity index (χ0v) is 36.7. The Balaban J connectivity index is 0.969. The SMILES string of the molecule is c1ccc(C2(c3ccccc3)c3ccccc3-c3c(-c4ccc(N(c5ccc(-c6cccc7ccccc67)cc5)c5ccccc5-c5ccc6oc7ccccc7c6c5)cc4)cccc32)cc1. The van der Waals surface area contributed by atoms with Crippen molar-refractivity contribution >= 4 is 49.8 Å². The fraction of sp³-hybridized carbons (Fsp3) is 0.0154. The van der Waals surface area contributed by atoms with Crippen LogP contribution in [0.3, 0.4) is 0 Å². The van der Waals surface area contributed by atoms with Gasteiger partial charge >= 0.3 is 0 Å². The van der Waals surface area contributed by atoms with Crippen molar-refractivity contribution in [2.45, 2.75) is 5.41 Å². The van der Waals surface area contributed by atoms with Crippen molar-refractivity contribution < 1.29 is 4.42 Å². The number of rotatable bonds is 8. The lowest BCUT2D eigenvalue weighted by molar-refractivity contribution is 0.669. The largest absolute Gasteiger partial charge is 0.456 e. The highest BCUT2D eigenvalue weighted by Crippen LogP contribution is 2.58. The van der Waals surface area contributed by atoms with Crippen LogP contribution in [0.2, 0.25) is 0 Å². The molecule has 0 atom stereocenters. The molecule has 13 rings (SSSR count). The Labute approximate surface area is 390 Å². The molecule has 2 nitrogen and oxygen atoms in total. The Hall–Kier alpha value is -8.72. The van der Waals surface area contributed by atoms with Gasteiger partial charge in [-0.1, -0.05) is 212 Å². The summed E-state index contributed by atoms with van der Waals surface area (Å²) in [5.41, 5.74) is 19.3. The van der Waals surface area contributed by atoms with Gasteiger partial charge in [-0.05, 0) is 121 Å². The second kappa shape index (κ2) is 15.8. The molecular formula is C65H43NO. The first kappa shape index (κ1) is 38.7. The smallest absolute Gasteiger partial charge is 0.135 e. The Morgan fingerprint density at radius 1 is 0.313 bits per heavy atom. The maximum atomic E-state index is 6.27. The minimum atomic E-state index is -0.463. The molecule has 67 heavy (non-hydrogen) atoms. The molecule has 1 aromatic heterocycles. The van der Waals surface area contributed by atoms with Gasteiger partial charge in [0.2, 0.25) is 0 Å². The molecule has 12 aromatic rings. The Morgan fingerprint density at radius 3 is 1.57 bits per heavy atom. The number of nitrogens with zero attached hydrogens (tertiary/aromatic N) is 1. The van der Waals surface area contributed by atoms with Crippen LogP contribution in [-0.4, -0.2) is 0 Å². The lowest BCUT2D eigenvalue weighted by atomic mass is 9.67. The first-order valence-electron chi connectivity index (χ1n) is 23.1. The molecule has 0 N–H and O–H groups in total. The van der Waals surface area contributed by atoms with Gasteiger partial charge in [0.05, 0.1) is 11.1 Å². The third-order valence-corrected chi connectivity index (χ3v) is 14.0. The lowest BCUT2D eigenvalue weighted by Gasteiger charge is -2.34. The molecule has 0 unspecified atom stereocenters. The first-order chi connectivity index (χ1) is 33.2. The summed E-state index contributed by atoms with van der Waals surface area (Å²) in [6, 6.07) is 95.1. The zero-order valence-electron chi connectivity index (χ0n) is 36.7. The number of fused-ring (bicyclic) bond motifs is 7. The van der Waals surface area contributed by atoms with Crippen molar-refractivity contribution in [1.82, 2.24) is 0 Å². The van der Waals surface area contributed by atoms with Gasteiger partial charge in [0, 0.05) is 27.7 Å². The van der Waals surface area contributed by atoms with Gasteiger partial charge in [-0.2, -0.15) is 0 Å². The summed E-state index contributed by atoms with van der Waals surface area (Å²) in [4.78, 5) is 2.41. The van der Waals surface area contributed by atoms with E-state index in [-0.39, 0.29) is 0 Å². The van der Waals surface area contributed by atoms with E-state index in [1.54, 1.807) is 0 Å². The predicted octanol–water partition coefficient (Wildman–Crippen LogP) is 17.6. The molecule has 0 saturated carbocycles. The molecule has 314 valence electrons. The van der Waals surface area contributed by atoms with Crippen molar-refractivity contribution in [3.8, 4) is 44.5 Å². The van der Waals surface area contributed by atoms with Crippen LogP contribution in [0.1, 0.15) is 22.3 Å². The molecule has 1 aliphatic carbocycles. The standard InChI is InChI=1S/C65H43NO/c1-3-19-48(20-4-1)65(49-21-5-2-6-22-49)59-29-12-9-26-57(59)64-55(28-16-30-60(64)65)46-35-40-51(41-36-46)66(50-38-33-45(34-39-50)53-27-15-18-44-17-7-8-23-52(44)53)61-31-13-10-24-54(61)47-37-42-63-58(43-47)56-25-11-14-32-62(56)67-63/h1-43H. The average Bonchev–Trinajstić information content (AvgIpc) is 3.93. The molecular weight excluding hydrogens is 811 g/mol. The van der Waals surface area contributed by atoms with Gasteiger partial charge in [0.15, 0.2) is 0 Å². The summed E-state index contributed by atoms with van der Waals surface area (Å²) in [5.74, 6) is 0. The van der Waals surface area contributed by atoms with Gasteiger partial charge < -0.3 is 9.32 Å². The normalized spacial score (nSPS) is 12.6. The summed E-state index contributed by atoms with van der Waals surface area (Å²) in [6.45, 7) is 0. The minimum Gasteiger partial charge on any atom is -0.456 e. The van der Waals surface area contributed by atoms with E-state index in [4.69, 9.17) is 4.42 Å². The van der Waals surface area contributed by atoms with Gasteiger partial charge in [0.1, 0.15) is 11.2 Å². The average molecular weight is 854 g/mol. The van der Waals surface area contributed by atoms with Gasteiger partial charge in [-0.15, -0.1) is 0 Å². The van der Waals surface area contributed by atoms with Crippen molar-refractivity contribution in [3.63, 3.8) is 0 Å². The third-order valence-electron chi connectivity index (χ3n) is 14.0. The highest BCUT2D eigenvalue weighted by molar-refractivity contribution is 6.07. The summed E-state index contributed by atoms with van der Waals surface area (Å²) in [5, 5.41) is 4.71. The predicted molar refractivity (Wildman–Crippen MR) is 280 cm³/mol. The fourth-order valence-electron chi connectivity index (χ4n) is 11.0. The monoisotopic (exact) mass is 853 g/mol. The quantitative estimate of drug-likeness (QED) is 0.151. The summed E-state index contributed by atoms with van der Waals surface area (Å²) >= 11 is 0. The molecule has 11 aromatic carbocycles. The number of furan rings is 1. The van der Waals surface area contributed by atoms with Crippen molar-refractivity contribution in [1.29, 1.82) is 0 Å². The second-order valence-corrected chi connectivity index (χ2v) is 17.5. The molecule has 0 radical (unpaired) electrons. The number of benzene rings is 11. The minimum absolute atomic E-state index is 0.463. The highest BCUT2D eigenvalue weighted by Gasteiger charge is 2.46. The van der Waals surface area contributed by atoms with Gasteiger partial charge in [0.25, 0.3) is 0 Å². The van der Waals surface area contributed by atoms with Gasteiger partial charge in [-0.25, -0.2) is 0 Å². The molecule has 0 fully saturated rings. The van der Waals surface area contributed by atoms with E-state index in [1.165, 1.54) is 66.4 Å². The zero-order chi connectivity index (χ0) is 44.3. The lowest BCUT2D eigenvalue weighted by Crippen LogP contribution is -2.28. The topological polar surface area (TPSA) is 16.4 Å². The maximum absolute atomic E-state index is 6.27. The van der Waals surface area contributed by atoms with Crippen LogP contribution >= 0.6 is 0 Å². The molecule has 0 bridgehead atoms. The number of para-hydroxylation sites is 2. The van der Waals surface area contributed by atoms with E-state index in [0.29, 0.717) is 0 Å². The Morgan fingerprint density at radius 2 is 0.821 bits per heavy atom. The van der Waals surface area contributed by atoms with Crippen molar-refractivity contribution in [2.24, 2.45) is 0 Å². The number of hydrogen-bond acceptors (Lipinski definition) is 2. The van der Waals surface area contributed by atoms with E-state index in [0.717, 1.165) is 50.1 Å². The Bertz CT molecular complexity index is 3750. The van der Waals surface area contributed by atoms with Crippen LogP contribution in [0.25, 0.3) is 77.2 Å². The number of hydrogen-bond donors (Lipinski definition) is 0. The van der Waals surface area contributed by atoms with E-state index in [2.05, 4.69) is 254 Å². The molecule has 0 aliphatic heterocycles. The van der Waals surface area contributed by atoms with Crippen LogP contribution in [0.4, 0.5) is 17.1 Å². The summed E-state index contributed by atoms with van der Waals surface area (Å²) < 4.78 is 6.27. The van der Waals surface area contributed by atoms with E-state index >= 15 is 0 Å². The van der Waals surface area contributed by atoms with Crippen molar-refractivity contribution in [2.75, 3.05) is 4.90 Å². The molecule has 1 aliphatic rings. The first-order valence-corrected chi connectivity index (χ1v) is 23.1.